The first-order chi connectivity index (χ1) is 13.6. The van der Waals surface area contributed by atoms with Crippen molar-refractivity contribution in [2.24, 2.45) is 0 Å². The topological polar surface area (TPSA) is 57.8 Å². The standard InChI is InChI=1S/C22H17Cl2N3O/c23-15-10-11-17(24)16(13-15)22(28)27-20(12-14-6-2-1-3-7-14)21-25-18-8-4-5-9-19(18)26-21/h1-11,13,20H,12H2,(H,25,26)(H,27,28). The van der Waals surface area contributed by atoms with Crippen molar-refractivity contribution < 1.29 is 4.79 Å². The number of benzene rings is 3. The van der Waals surface area contributed by atoms with Crippen molar-refractivity contribution in [1.29, 1.82) is 0 Å². The van der Waals surface area contributed by atoms with E-state index in [9.17, 15) is 4.79 Å². The van der Waals surface area contributed by atoms with E-state index in [-0.39, 0.29) is 11.9 Å². The van der Waals surface area contributed by atoms with E-state index in [4.69, 9.17) is 23.2 Å². The Bertz CT molecular complexity index is 1090. The fourth-order valence-corrected chi connectivity index (χ4v) is 3.49. The average molecular weight is 410 g/mol. The molecule has 4 aromatic rings. The lowest BCUT2D eigenvalue weighted by atomic mass is 10.0. The van der Waals surface area contributed by atoms with Crippen molar-refractivity contribution in [1.82, 2.24) is 15.3 Å². The summed E-state index contributed by atoms with van der Waals surface area (Å²) in [7, 11) is 0. The SMILES string of the molecule is O=C(NC(Cc1ccccc1)c1nc2ccccc2[nH]1)c1cc(Cl)ccc1Cl. The maximum atomic E-state index is 12.9. The van der Waals surface area contributed by atoms with Gasteiger partial charge in [-0.25, -0.2) is 4.98 Å². The van der Waals surface area contributed by atoms with Crippen LogP contribution in [0.5, 0.6) is 0 Å². The normalized spacial score (nSPS) is 12.1. The van der Waals surface area contributed by atoms with Crippen molar-refractivity contribution in [3.63, 3.8) is 0 Å². The zero-order valence-electron chi connectivity index (χ0n) is 14.8. The number of nitrogens with zero attached hydrogens (tertiary/aromatic N) is 1. The van der Waals surface area contributed by atoms with E-state index in [0.29, 0.717) is 27.9 Å². The predicted octanol–water partition coefficient (Wildman–Crippen LogP) is 5.58. The molecule has 0 aliphatic carbocycles. The van der Waals surface area contributed by atoms with Crippen LogP contribution in [-0.2, 0) is 6.42 Å². The Hall–Kier alpha value is -2.82. The fourth-order valence-electron chi connectivity index (χ4n) is 3.11. The minimum atomic E-state index is -0.350. The van der Waals surface area contributed by atoms with Crippen molar-refractivity contribution >= 4 is 40.1 Å². The largest absolute Gasteiger partial charge is 0.342 e. The number of aromatic amines is 1. The first-order valence-corrected chi connectivity index (χ1v) is 9.60. The number of hydrogen-bond donors (Lipinski definition) is 2. The van der Waals surface area contributed by atoms with Crippen LogP contribution in [0.15, 0.2) is 72.8 Å². The Balaban J connectivity index is 1.68. The molecule has 140 valence electrons. The fraction of sp³-hybridized carbons (Fsp3) is 0.0909. The number of fused-ring (bicyclic) bond motifs is 1. The van der Waals surface area contributed by atoms with E-state index in [1.165, 1.54) is 0 Å². The average Bonchev–Trinajstić information content (AvgIpc) is 3.14. The first-order valence-electron chi connectivity index (χ1n) is 8.84. The molecule has 1 amide bonds. The van der Waals surface area contributed by atoms with Gasteiger partial charge in [-0.2, -0.15) is 0 Å². The Morgan fingerprint density at radius 3 is 2.54 bits per heavy atom. The smallest absolute Gasteiger partial charge is 0.253 e. The Morgan fingerprint density at radius 2 is 1.75 bits per heavy atom. The number of halogens is 2. The van der Waals surface area contributed by atoms with Gasteiger partial charge < -0.3 is 10.3 Å². The second kappa shape index (κ2) is 8.05. The molecule has 1 atom stereocenters. The summed E-state index contributed by atoms with van der Waals surface area (Å²) in [5, 5.41) is 3.86. The van der Waals surface area contributed by atoms with Gasteiger partial charge in [-0.3, -0.25) is 4.79 Å². The highest BCUT2D eigenvalue weighted by Crippen LogP contribution is 2.24. The third-order valence-electron chi connectivity index (χ3n) is 4.50. The zero-order chi connectivity index (χ0) is 19.5. The van der Waals surface area contributed by atoms with Gasteiger partial charge >= 0.3 is 0 Å². The molecule has 4 rings (SSSR count). The zero-order valence-corrected chi connectivity index (χ0v) is 16.3. The van der Waals surface area contributed by atoms with Gasteiger partial charge in [0.15, 0.2) is 0 Å². The number of para-hydroxylation sites is 2. The van der Waals surface area contributed by atoms with Crippen LogP contribution in [0.4, 0.5) is 0 Å². The highest BCUT2D eigenvalue weighted by atomic mass is 35.5. The molecule has 6 heteroatoms. The molecule has 0 radical (unpaired) electrons. The summed E-state index contributed by atoms with van der Waals surface area (Å²) in [6, 6.07) is 22.2. The summed E-state index contributed by atoms with van der Waals surface area (Å²) in [5.74, 6) is 0.394. The number of carbonyl (C=O) groups is 1. The van der Waals surface area contributed by atoms with Crippen molar-refractivity contribution in [3.05, 3.63) is 99.8 Å². The number of nitrogens with one attached hydrogen (secondary N) is 2. The van der Waals surface area contributed by atoms with Gasteiger partial charge in [-0.15, -0.1) is 0 Å². The number of imidazole rings is 1. The molecule has 1 heterocycles. The molecule has 0 aliphatic rings. The molecule has 2 N–H and O–H groups in total. The number of carbonyl (C=O) groups excluding carboxylic acids is 1. The van der Waals surface area contributed by atoms with E-state index in [0.717, 1.165) is 16.6 Å². The van der Waals surface area contributed by atoms with Crippen molar-refractivity contribution in [2.45, 2.75) is 12.5 Å². The van der Waals surface area contributed by atoms with E-state index in [1.807, 2.05) is 54.6 Å². The summed E-state index contributed by atoms with van der Waals surface area (Å²) in [4.78, 5) is 20.9. The van der Waals surface area contributed by atoms with Gasteiger partial charge in [-0.1, -0.05) is 65.7 Å². The Kier molecular flexibility index (Phi) is 5.33. The van der Waals surface area contributed by atoms with Crippen LogP contribution in [0.3, 0.4) is 0 Å². The summed E-state index contributed by atoms with van der Waals surface area (Å²) >= 11 is 12.2. The molecule has 0 bridgehead atoms. The molecule has 3 aromatic carbocycles. The summed E-state index contributed by atoms with van der Waals surface area (Å²) in [5.41, 5.74) is 3.20. The third kappa shape index (κ3) is 4.03. The van der Waals surface area contributed by atoms with E-state index in [1.54, 1.807) is 18.2 Å². The van der Waals surface area contributed by atoms with Crippen LogP contribution >= 0.6 is 23.2 Å². The number of rotatable bonds is 5. The number of amides is 1. The van der Waals surface area contributed by atoms with Gasteiger partial charge in [0.1, 0.15) is 5.82 Å². The molecular weight excluding hydrogens is 393 g/mol. The second-order valence-electron chi connectivity index (χ2n) is 6.48. The lowest BCUT2D eigenvalue weighted by Gasteiger charge is -2.17. The lowest BCUT2D eigenvalue weighted by molar-refractivity contribution is 0.0935. The van der Waals surface area contributed by atoms with Crippen LogP contribution < -0.4 is 5.32 Å². The molecule has 0 saturated heterocycles. The van der Waals surface area contributed by atoms with Crippen LogP contribution in [0.25, 0.3) is 11.0 Å². The quantitative estimate of drug-likeness (QED) is 0.451. The van der Waals surface area contributed by atoms with Gasteiger partial charge in [0.2, 0.25) is 0 Å². The molecule has 28 heavy (non-hydrogen) atoms. The van der Waals surface area contributed by atoms with Gasteiger partial charge in [0.25, 0.3) is 5.91 Å². The number of H-pyrrole nitrogens is 1. The summed E-state index contributed by atoms with van der Waals surface area (Å²) in [6.45, 7) is 0. The monoisotopic (exact) mass is 409 g/mol. The molecule has 0 aliphatic heterocycles. The molecular formula is C22H17Cl2N3O. The highest BCUT2D eigenvalue weighted by molar-refractivity contribution is 6.35. The van der Waals surface area contributed by atoms with Gasteiger partial charge in [0, 0.05) is 5.02 Å². The molecule has 0 saturated carbocycles. The number of hydrogen-bond acceptors (Lipinski definition) is 2. The van der Waals surface area contributed by atoms with Gasteiger partial charge in [-0.05, 0) is 42.3 Å². The highest BCUT2D eigenvalue weighted by Gasteiger charge is 2.21. The second-order valence-corrected chi connectivity index (χ2v) is 7.32. The molecule has 1 aromatic heterocycles. The van der Waals surface area contributed by atoms with Crippen LogP contribution in [0.1, 0.15) is 27.8 Å². The van der Waals surface area contributed by atoms with E-state index in [2.05, 4.69) is 15.3 Å². The van der Waals surface area contributed by atoms with E-state index >= 15 is 0 Å². The molecule has 0 fully saturated rings. The summed E-state index contributed by atoms with van der Waals surface area (Å²) in [6.07, 6.45) is 0.588. The Labute approximate surface area is 172 Å². The maximum absolute atomic E-state index is 12.9. The molecule has 1 unspecified atom stereocenters. The predicted molar refractivity (Wildman–Crippen MR) is 113 cm³/mol. The van der Waals surface area contributed by atoms with Crippen molar-refractivity contribution in [3.8, 4) is 0 Å². The van der Waals surface area contributed by atoms with E-state index < -0.39 is 0 Å². The minimum Gasteiger partial charge on any atom is -0.342 e. The lowest BCUT2D eigenvalue weighted by Crippen LogP contribution is -2.31. The first kappa shape index (κ1) is 18.5. The molecule has 4 nitrogen and oxygen atoms in total. The minimum absolute atomic E-state index is 0.297. The third-order valence-corrected chi connectivity index (χ3v) is 5.06. The maximum Gasteiger partial charge on any atom is 0.253 e. The van der Waals surface area contributed by atoms with Gasteiger partial charge in [0.05, 0.1) is 27.7 Å². The van der Waals surface area contributed by atoms with Crippen LogP contribution in [-0.4, -0.2) is 15.9 Å². The van der Waals surface area contributed by atoms with Crippen LogP contribution in [0.2, 0.25) is 10.0 Å². The summed E-state index contributed by atoms with van der Waals surface area (Å²) < 4.78 is 0. The molecule has 0 spiro atoms. The van der Waals surface area contributed by atoms with Crippen LogP contribution in [0, 0.1) is 0 Å². The Morgan fingerprint density at radius 1 is 1.00 bits per heavy atom. The van der Waals surface area contributed by atoms with Crippen molar-refractivity contribution in [2.75, 3.05) is 0 Å². The number of aromatic nitrogens is 2.